The van der Waals surface area contributed by atoms with Crippen LogP contribution in [0.3, 0.4) is 0 Å². The average Bonchev–Trinajstić information content (AvgIpc) is 2.95. The number of anilines is 2. The molecule has 3 aromatic rings. The van der Waals surface area contributed by atoms with Crippen LogP contribution in [0.15, 0.2) is 41.8 Å². The van der Waals surface area contributed by atoms with E-state index in [2.05, 4.69) is 10.3 Å². The van der Waals surface area contributed by atoms with Gasteiger partial charge in [0, 0.05) is 28.8 Å². The molecule has 3 rings (SSSR count). The summed E-state index contributed by atoms with van der Waals surface area (Å²) in [5, 5.41) is 42.9. The van der Waals surface area contributed by atoms with Crippen molar-refractivity contribution in [3.8, 4) is 28.5 Å². The van der Waals surface area contributed by atoms with E-state index in [-0.39, 0.29) is 35.2 Å². The molecular formula is C16H13ClN2O5S. The smallest absolute Gasteiger partial charge is 0.339 e. The molecule has 0 fully saturated rings. The molecule has 1 heterocycles. The maximum atomic E-state index is 10.9. The summed E-state index contributed by atoms with van der Waals surface area (Å²) in [4.78, 5) is 15.2. The van der Waals surface area contributed by atoms with Gasteiger partial charge in [-0.05, 0) is 24.3 Å². The van der Waals surface area contributed by atoms with Gasteiger partial charge in [-0.1, -0.05) is 0 Å². The van der Waals surface area contributed by atoms with Crippen molar-refractivity contribution in [1.29, 1.82) is 0 Å². The molecule has 7 nitrogen and oxygen atoms in total. The van der Waals surface area contributed by atoms with E-state index in [1.165, 1.54) is 41.7 Å². The van der Waals surface area contributed by atoms with Crippen molar-refractivity contribution in [2.24, 2.45) is 0 Å². The molecule has 0 atom stereocenters. The van der Waals surface area contributed by atoms with Gasteiger partial charge < -0.3 is 25.7 Å². The third-order valence-electron chi connectivity index (χ3n) is 3.24. The van der Waals surface area contributed by atoms with Gasteiger partial charge in [-0.3, -0.25) is 0 Å². The van der Waals surface area contributed by atoms with Crippen LogP contribution in [-0.2, 0) is 0 Å². The van der Waals surface area contributed by atoms with Gasteiger partial charge in [-0.25, -0.2) is 9.78 Å². The van der Waals surface area contributed by atoms with Crippen molar-refractivity contribution in [1.82, 2.24) is 4.98 Å². The number of aromatic nitrogens is 1. The van der Waals surface area contributed by atoms with Gasteiger partial charge in [0.1, 0.15) is 22.8 Å². The molecule has 130 valence electrons. The highest BCUT2D eigenvalue weighted by atomic mass is 35.5. The highest BCUT2D eigenvalue weighted by molar-refractivity contribution is 7.14. The Morgan fingerprint density at radius 1 is 1.04 bits per heavy atom. The number of carboxylic acid groups (broad SMARTS) is 1. The lowest BCUT2D eigenvalue weighted by Crippen LogP contribution is -1.97. The molecule has 2 aromatic carbocycles. The normalized spacial score (nSPS) is 10.1. The maximum absolute atomic E-state index is 10.9. The summed E-state index contributed by atoms with van der Waals surface area (Å²) in [5.41, 5.74) is 1.29. The molecule has 1 aromatic heterocycles. The molecule has 0 bridgehead atoms. The van der Waals surface area contributed by atoms with Gasteiger partial charge >= 0.3 is 5.97 Å². The first-order valence-electron chi connectivity index (χ1n) is 6.75. The molecule has 5 N–H and O–H groups in total. The van der Waals surface area contributed by atoms with Crippen LogP contribution in [0, 0.1) is 0 Å². The van der Waals surface area contributed by atoms with Crippen molar-refractivity contribution in [3.63, 3.8) is 0 Å². The van der Waals surface area contributed by atoms with Crippen LogP contribution in [0.2, 0.25) is 0 Å². The molecule has 0 aliphatic carbocycles. The molecule has 0 aliphatic rings. The van der Waals surface area contributed by atoms with E-state index in [1.807, 2.05) is 0 Å². The number of halogens is 1. The summed E-state index contributed by atoms with van der Waals surface area (Å²) in [6, 6.07) is 8.33. The summed E-state index contributed by atoms with van der Waals surface area (Å²) in [6.45, 7) is 0. The second-order valence-electron chi connectivity index (χ2n) is 4.90. The number of benzene rings is 2. The molecule has 0 saturated carbocycles. The summed E-state index contributed by atoms with van der Waals surface area (Å²) in [6.07, 6.45) is 0. The first-order valence-corrected chi connectivity index (χ1v) is 7.63. The number of rotatable bonds is 4. The largest absolute Gasteiger partial charge is 0.508 e. The quantitative estimate of drug-likeness (QED) is 0.466. The number of aromatic carboxylic acids is 1. The van der Waals surface area contributed by atoms with Gasteiger partial charge in [0.05, 0.1) is 5.69 Å². The second-order valence-corrected chi connectivity index (χ2v) is 5.76. The van der Waals surface area contributed by atoms with Crippen LogP contribution in [-0.4, -0.2) is 31.4 Å². The van der Waals surface area contributed by atoms with E-state index in [1.54, 1.807) is 11.4 Å². The van der Waals surface area contributed by atoms with Crippen molar-refractivity contribution < 1.29 is 25.2 Å². The zero-order valence-corrected chi connectivity index (χ0v) is 14.1. The topological polar surface area (TPSA) is 123 Å². The number of thiazole rings is 1. The van der Waals surface area contributed by atoms with Crippen molar-refractivity contribution in [3.05, 3.63) is 47.3 Å². The number of nitrogens with zero attached hydrogens (tertiary/aromatic N) is 1. The molecule has 0 spiro atoms. The standard InChI is InChI=1S/C16H12N2O5S.ClH/c19-9-2-4-10(14(21)6-9)12-7-24-16(18-12)17-8-1-3-11(15(22)23)13(20)5-8;/h1-7,19-21H,(H,17,18)(H,22,23);1H. The highest BCUT2D eigenvalue weighted by Gasteiger charge is 2.12. The Kier molecular flexibility index (Phi) is 5.35. The fourth-order valence-corrected chi connectivity index (χ4v) is 2.84. The van der Waals surface area contributed by atoms with E-state index >= 15 is 0 Å². The average molecular weight is 381 g/mol. The predicted molar refractivity (Wildman–Crippen MR) is 96.5 cm³/mol. The number of nitrogens with one attached hydrogen (secondary N) is 1. The lowest BCUT2D eigenvalue weighted by Gasteiger charge is -2.05. The number of hydrogen-bond donors (Lipinski definition) is 5. The summed E-state index contributed by atoms with van der Waals surface area (Å²) in [5.74, 6) is -1.69. The van der Waals surface area contributed by atoms with Gasteiger partial charge in [0.25, 0.3) is 0 Å². The van der Waals surface area contributed by atoms with Crippen molar-refractivity contribution >= 4 is 40.5 Å². The molecule has 0 saturated heterocycles. The van der Waals surface area contributed by atoms with Gasteiger partial charge in [0.2, 0.25) is 0 Å². The van der Waals surface area contributed by atoms with Crippen LogP contribution in [0.25, 0.3) is 11.3 Å². The molecule has 9 heteroatoms. The van der Waals surface area contributed by atoms with Gasteiger partial charge in [-0.15, -0.1) is 23.7 Å². The fraction of sp³-hybridized carbons (Fsp3) is 0. The van der Waals surface area contributed by atoms with Crippen LogP contribution >= 0.6 is 23.7 Å². The van der Waals surface area contributed by atoms with E-state index in [0.717, 1.165) is 0 Å². The zero-order valence-electron chi connectivity index (χ0n) is 12.5. The Bertz CT molecular complexity index is 929. The van der Waals surface area contributed by atoms with E-state index in [0.29, 0.717) is 22.1 Å². The van der Waals surface area contributed by atoms with Gasteiger partial charge in [0.15, 0.2) is 5.13 Å². The molecule has 0 aliphatic heterocycles. The first kappa shape index (κ1) is 18.4. The minimum absolute atomic E-state index is 0. The van der Waals surface area contributed by atoms with Crippen molar-refractivity contribution in [2.75, 3.05) is 5.32 Å². The van der Waals surface area contributed by atoms with Crippen LogP contribution in [0.1, 0.15) is 10.4 Å². The third-order valence-corrected chi connectivity index (χ3v) is 4.00. The number of hydrogen-bond acceptors (Lipinski definition) is 7. The number of phenolic OH excluding ortho intramolecular Hbond substituents is 2. The van der Waals surface area contributed by atoms with Crippen LogP contribution in [0.4, 0.5) is 10.8 Å². The predicted octanol–water partition coefficient (Wildman–Crippen LogP) is 3.79. The molecule has 0 amide bonds. The zero-order chi connectivity index (χ0) is 17.3. The molecule has 25 heavy (non-hydrogen) atoms. The Balaban J connectivity index is 0.00000225. The Hall–Kier alpha value is -2.97. The summed E-state index contributed by atoms with van der Waals surface area (Å²) < 4.78 is 0. The lowest BCUT2D eigenvalue weighted by molar-refractivity contribution is 0.0694. The minimum atomic E-state index is -1.21. The lowest BCUT2D eigenvalue weighted by atomic mass is 10.1. The number of carboxylic acids is 1. The van der Waals surface area contributed by atoms with E-state index < -0.39 is 5.97 Å². The maximum Gasteiger partial charge on any atom is 0.339 e. The fourth-order valence-electron chi connectivity index (χ4n) is 2.11. The molecule has 0 unspecified atom stereocenters. The second kappa shape index (κ2) is 7.29. The van der Waals surface area contributed by atoms with Gasteiger partial charge in [-0.2, -0.15) is 0 Å². The Morgan fingerprint density at radius 3 is 2.44 bits per heavy atom. The first-order chi connectivity index (χ1) is 11.4. The third kappa shape index (κ3) is 3.93. The van der Waals surface area contributed by atoms with E-state index in [4.69, 9.17) is 5.11 Å². The van der Waals surface area contributed by atoms with Crippen LogP contribution in [0.5, 0.6) is 17.2 Å². The Labute approximate surface area is 152 Å². The Morgan fingerprint density at radius 2 is 1.80 bits per heavy atom. The number of carbonyl (C=O) groups is 1. The number of aromatic hydroxyl groups is 3. The number of phenols is 3. The summed E-state index contributed by atoms with van der Waals surface area (Å²) >= 11 is 1.27. The summed E-state index contributed by atoms with van der Waals surface area (Å²) in [7, 11) is 0. The van der Waals surface area contributed by atoms with Crippen LogP contribution < -0.4 is 5.32 Å². The monoisotopic (exact) mass is 380 g/mol. The molecule has 0 radical (unpaired) electrons. The minimum Gasteiger partial charge on any atom is -0.508 e. The van der Waals surface area contributed by atoms with E-state index in [9.17, 15) is 20.1 Å². The van der Waals surface area contributed by atoms with Crippen molar-refractivity contribution in [2.45, 2.75) is 0 Å². The SMILES string of the molecule is Cl.O=C(O)c1ccc(Nc2nc(-c3ccc(O)cc3O)cs2)cc1O. The highest BCUT2D eigenvalue weighted by Crippen LogP contribution is 2.34. The molecular weight excluding hydrogens is 368 g/mol.